The predicted octanol–water partition coefficient (Wildman–Crippen LogP) is 4.06. The molecular formula is C16H26FNOS. The van der Waals surface area contributed by atoms with E-state index in [-0.39, 0.29) is 17.1 Å². The first kappa shape index (κ1) is 17.5. The molecule has 0 saturated heterocycles. The maximum atomic E-state index is 13.9. The first-order valence-corrected chi connectivity index (χ1v) is 8.12. The van der Waals surface area contributed by atoms with Crippen LogP contribution in [0.3, 0.4) is 0 Å². The molecule has 114 valence electrons. The molecule has 0 heterocycles. The summed E-state index contributed by atoms with van der Waals surface area (Å²) in [5.41, 5.74) is 1.62. The van der Waals surface area contributed by atoms with Crippen molar-refractivity contribution in [2.45, 2.75) is 63.3 Å². The van der Waals surface area contributed by atoms with Gasteiger partial charge in [0.2, 0.25) is 0 Å². The second-order valence-electron chi connectivity index (χ2n) is 5.38. The molecule has 0 spiro atoms. The minimum atomic E-state index is -0.392. The van der Waals surface area contributed by atoms with Crippen LogP contribution in [0.25, 0.3) is 0 Å². The number of rotatable bonds is 7. The number of hydrogen-bond acceptors (Lipinski definition) is 3. The van der Waals surface area contributed by atoms with Gasteiger partial charge < -0.3 is 10.4 Å². The highest BCUT2D eigenvalue weighted by atomic mass is 32.2. The molecule has 0 saturated carbocycles. The zero-order valence-corrected chi connectivity index (χ0v) is 13.9. The fourth-order valence-corrected chi connectivity index (χ4v) is 3.09. The van der Waals surface area contributed by atoms with E-state index < -0.39 is 6.10 Å². The van der Waals surface area contributed by atoms with Gasteiger partial charge in [-0.1, -0.05) is 13.8 Å². The molecular weight excluding hydrogens is 273 g/mol. The zero-order valence-electron chi connectivity index (χ0n) is 13.0. The molecule has 0 aliphatic carbocycles. The van der Waals surface area contributed by atoms with Gasteiger partial charge in [0.05, 0.1) is 6.10 Å². The van der Waals surface area contributed by atoms with Crippen molar-refractivity contribution in [1.82, 2.24) is 5.32 Å². The summed E-state index contributed by atoms with van der Waals surface area (Å²) in [5.74, 6) is -0.167. The summed E-state index contributed by atoms with van der Waals surface area (Å²) in [6.45, 7) is 10.6. The number of aliphatic hydroxyl groups excluding tert-OH is 1. The smallest absolute Gasteiger partial charge is 0.126 e. The normalized spacial score (nSPS) is 15.9. The molecule has 0 aliphatic rings. The maximum absolute atomic E-state index is 13.9. The van der Waals surface area contributed by atoms with Crippen LogP contribution in [0.2, 0.25) is 0 Å². The second-order valence-corrected chi connectivity index (χ2v) is 6.80. The molecule has 20 heavy (non-hydrogen) atoms. The van der Waals surface area contributed by atoms with Crippen LogP contribution >= 0.6 is 11.8 Å². The fourth-order valence-electron chi connectivity index (χ4n) is 1.88. The molecule has 2 nitrogen and oxygen atoms in total. The number of benzene rings is 1. The van der Waals surface area contributed by atoms with Crippen molar-refractivity contribution in [3.05, 3.63) is 29.1 Å². The molecule has 0 aliphatic heterocycles. The summed E-state index contributed by atoms with van der Waals surface area (Å²) < 4.78 is 13.9. The van der Waals surface area contributed by atoms with Crippen LogP contribution in [0.4, 0.5) is 4.39 Å². The topological polar surface area (TPSA) is 32.3 Å². The quantitative estimate of drug-likeness (QED) is 0.745. The summed E-state index contributed by atoms with van der Waals surface area (Å²) in [4.78, 5) is 1.05. The molecule has 2 N–H and O–H groups in total. The molecule has 1 rings (SSSR count). The van der Waals surface area contributed by atoms with Crippen LogP contribution < -0.4 is 5.32 Å². The van der Waals surface area contributed by atoms with Crippen molar-refractivity contribution in [3.8, 4) is 0 Å². The first-order valence-electron chi connectivity index (χ1n) is 7.25. The van der Waals surface area contributed by atoms with Crippen LogP contribution in [0.5, 0.6) is 0 Å². The van der Waals surface area contributed by atoms with Crippen LogP contribution in [0.1, 0.15) is 51.3 Å². The van der Waals surface area contributed by atoms with Gasteiger partial charge in [-0.25, -0.2) is 4.39 Å². The number of aryl methyl sites for hydroxylation is 1. The van der Waals surface area contributed by atoms with Crippen molar-refractivity contribution in [3.63, 3.8) is 0 Å². The molecule has 0 amide bonds. The molecule has 1 aromatic rings. The third-order valence-electron chi connectivity index (χ3n) is 3.45. The number of hydrogen-bond donors (Lipinski definition) is 2. The van der Waals surface area contributed by atoms with E-state index in [1.165, 1.54) is 0 Å². The lowest BCUT2D eigenvalue weighted by Gasteiger charge is -2.21. The van der Waals surface area contributed by atoms with Crippen LogP contribution in [0, 0.1) is 12.7 Å². The van der Waals surface area contributed by atoms with E-state index in [9.17, 15) is 9.50 Å². The monoisotopic (exact) mass is 299 g/mol. The molecule has 0 bridgehead atoms. The molecule has 1 aromatic carbocycles. The van der Waals surface area contributed by atoms with Crippen LogP contribution in [-0.4, -0.2) is 23.0 Å². The Kier molecular flexibility index (Phi) is 7.00. The number of nitrogens with one attached hydrogen (secondary N) is 1. The van der Waals surface area contributed by atoms with Crippen molar-refractivity contribution in [1.29, 1.82) is 0 Å². The fraction of sp³-hybridized carbons (Fsp3) is 0.625. The average molecular weight is 299 g/mol. The summed E-state index contributed by atoms with van der Waals surface area (Å²) in [5, 5.41) is 13.1. The summed E-state index contributed by atoms with van der Waals surface area (Å²) >= 11 is 1.61. The van der Waals surface area contributed by atoms with E-state index in [0.29, 0.717) is 5.56 Å². The number of aliphatic hydroxyl groups is 1. The molecule has 0 aromatic heterocycles. The SMILES string of the molecule is CCCNC(C)c1cc(F)c(C)cc1SC(C)C(C)O. The number of thioether (sulfide) groups is 1. The van der Waals surface area contributed by atoms with Gasteiger partial charge in [0, 0.05) is 16.2 Å². The van der Waals surface area contributed by atoms with Gasteiger partial charge >= 0.3 is 0 Å². The highest BCUT2D eigenvalue weighted by Gasteiger charge is 2.18. The van der Waals surface area contributed by atoms with E-state index >= 15 is 0 Å². The Labute approximate surface area is 126 Å². The lowest BCUT2D eigenvalue weighted by Crippen LogP contribution is -2.21. The zero-order chi connectivity index (χ0) is 15.3. The van der Waals surface area contributed by atoms with Crippen molar-refractivity contribution in [2.24, 2.45) is 0 Å². The second kappa shape index (κ2) is 8.01. The lowest BCUT2D eigenvalue weighted by molar-refractivity contribution is 0.196. The van der Waals surface area contributed by atoms with E-state index in [1.807, 2.05) is 13.0 Å². The summed E-state index contributed by atoms with van der Waals surface area (Å²) in [6.07, 6.45) is 0.655. The third-order valence-corrected chi connectivity index (χ3v) is 4.82. The standard InChI is InChI=1S/C16H26FNOS/c1-6-7-18-11(3)14-9-15(17)10(2)8-16(14)20-13(5)12(4)19/h8-9,11-13,18-19H,6-7H2,1-5H3. The van der Waals surface area contributed by atoms with Gasteiger partial charge in [0.1, 0.15) is 5.82 Å². The maximum Gasteiger partial charge on any atom is 0.126 e. The highest BCUT2D eigenvalue weighted by molar-refractivity contribution is 8.00. The predicted molar refractivity (Wildman–Crippen MR) is 84.8 cm³/mol. The van der Waals surface area contributed by atoms with E-state index in [4.69, 9.17) is 0 Å². The van der Waals surface area contributed by atoms with Crippen LogP contribution in [0.15, 0.2) is 17.0 Å². The van der Waals surface area contributed by atoms with Crippen LogP contribution in [-0.2, 0) is 0 Å². The van der Waals surface area contributed by atoms with Gasteiger partial charge in [-0.15, -0.1) is 11.8 Å². The molecule has 3 unspecified atom stereocenters. The van der Waals surface area contributed by atoms with E-state index in [0.717, 1.165) is 23.4 Å². The van der Waals surface area contributed by atoms with Crippen molar-refractivity contribution < 1.29 is 9.50 Å². The van der Waals surface area contributed by atoms with Crippen molar-refractivity contribution in [2.75, 3.05) is 6.54 Å². The lowest BCUT2D eigenvalue weighted by atomic mass is 10.1. The highest BCUT2D eigenvalue weighted by Crippen LogP contribution is 2.33. The molecule has 3 atom stereocenters. The Hall–Kier alpha value is -0.580. The largest absolute Gasteiger partial charge is 0.392 e. The van der Waals surface area contributed by atoms with E-state index in [2.05, 4.69) is 19.2 Å². The van der Waals surface area contributed by atoms with E-state index in [1.54, 1.807) is 31.7 Å². The molecule has 0 fully saturated rings. The van der Waals surface area contributed by atoms with Gasteiger partial charge in [0.25, 0.3) is 0 Å². The summed E-state index contributed by atoms with van der Waals surface area (Å²) in [6, 6.07) is 3.62. The van der Waals surface area contributed by atoms with Gasteiger partial charge in [-0.3, -0.25) is 0 Å². The average Bonchev–Trinajstić information content (AvgIpc) is 2.39. The van der Waals surface area contributed by atoms with Gasteiger partial charge in [-0.2, -0.15) is 0 Å². The molecule has 4 heteroatoms. The minimum Gasteiger partial charge on any atom is -0.392 e. The van der Waals surface area contributed by atoms with Gasteiger partial charge in [0.15, 0.2) is 0 Å². The minimum absolute atomic E-state index is 0.0805. The summed E-state index contributed by atoms with van der Waals surface area (Å²) in [7, 11) is 0. The third kappa shape index (κ3) is 4.76. The Morgan fingerprint density at radius 1 is 1.30 bits per heavy atom. The Morgan fingerprint density at radius 3 is 2.50 bits per heavy atom. The van der Waals surface area contributed by atoms with Crippen molar-refractivity contribution >= 4 is 11.8 Å². The molecule has 0 radical (unpaired) electrons. The first-order chi connectivity index (χ1) is 9.36. The van der Waals surface area contributed by atoms with Gasteiger partial charge in [-0.05, 0) is 57.0 Å². The Bertz CT molecular complexity index is 437. The Morgan fingerprint density at radius 2 is 1.95 bits per heavy atom. The Balaban J connectivity index is 3.03. The number of halogens is 1.